The molecule has 0 saturated heterocycles. The summed E-state index contributed by atoms with van der Waals surface area (Å²) in [7, 11) is 3.10. The number of benzene rings is 2. The molecule has 35 heavy (non-hydrogen) atoms. The van der Waals surface area contributed by atoms with Gasteiger partial charge in [0.25, 0.3) is 11.6 Å². The molecular weight excluding hydrogens is 454 g/mol. The molecule has 0 spiro atoms. The summed E-state index contributed by atoms with van der Waals surface area (Å²) < 4.78 is 12.3. The highest BCUT2D eigenvalue weighted by molar-refractivity contribution is 6.04. The van der Waals surface area contributed by atoms with Gasteiger partial charge in [0.05, 0.1) is 36.9 Å². The summed E-state index contributed by atoms with van der Waals surface area (Å²) in [4.78, 5) is 36.2. The van der Waals surface area contributed by atoms with Crippen LogP contribution in [0.25, 0.3) is 11.1 Å². The van der Waals surface area contributed by atoms with Crippen molar-refractivity contribution < 1.29 is 24.0 Å². The smallest absolute Gasteiger partial charge is 0.271 e. The largest absolute Gasteiger partial charge is 0.493 e. The fraction of sp³-hybridized carbons (Fsp3) is 0.292. The molecule has 2 heterocycles. The Morgan fingerprint density at radius 2 is 1.94 bits per heavy atom. The minimum atomic E-state index is -0.858. The molecule has 0 saturated carbocycles. The van der Waals surface area contributed by atoms with Crippen LogP contribution in [0.1, 0.15) is 30.6 Å². The van der Waals surface area contributed by atoms with Gasteiger partial charge in [0.1, 0.15) is 11.9 Å². The molecule has 2 N–H and O–H groups in total. The van der Waals surface area contributed by atoms with Crippen LogP contribution in [0, 0.1) is 17.0 Å². The highest BCUT2D eigenvalue weighted by Crippen LogP contribution is 2.41. The van der Waals surface area contributed by atoms with Crippen molar-refractivity contribution in [3.05, 3.63) is 57.8 Å². The number of methoxy groups -OCH3 is 2. The van der Waals surface area contributed by atoms with Gasteiger partial charge in [-0.25, -0.2) is 4.68 Å². The van der Waals surface area contributed by atoms with Crippen molar-refractivity contribution in [2.75, 3.05) is 24.9 Å². The van der Waals surface area contributed by atoms with Gasteiger partial charge in [-0.15, -0.1) is 0 Å². The maximum atomic E-state index is 12.8. The third-order valence-electron chi connectivity index (χ3n) is 5.91. The van der Waals surface area contributed by atoms with Crippen LogP contribution in [0.3, 0.4) is 0 Å². The number of rotatable bonds is 8. The lowest BCUT2D eigenvalue weighted by Crippen LogP contribution is -2.24. The molecule has 0 bridgehead atoms. The van der Waals surface area contributed by atoms with Crippen LogP contribution < -0.4 is 20.1 Å². The Balaban J connectivity index is 1.63. The Bertz CT molecular complexity index is 1330. The molecule has 1 aromatic heterocycles. The number of nitrogens with zero attached hydrogens (tertiary/aromatic N) is 3. The molecule has 2 aromatic carbocycles. The van der Waals surface area contributed by atoms with Crippen LogP contribution in [0.2, 0.25) is 0 Å². The molecule has 1 aliphatic heterocycles. The fourth-order valence-electron chi connectivity index (χ4n) is 4.09. The molecule has 1 unspecified atom stereocenters. The van der Waals surface area contributed by atoms with Crippen molar-refractivity contribution in [3.63, 3.8) is 0 Å². The molecule has 0 aliphatic carbocycles. The zero-order valence-electron chi connectivity index (χ0n) is 19.7. The van der Waals surface area contributed by atoms with Crippen LogP contribution >= 0.6 is 0 Å². The molecule has 3 aromatic rings. The number of aromatic nitrogens is 2. The van der Waals surface area contributed by atoms with Crippen LogP contribution in [-0.4, -0.2) is 40.7 Å². The quantitative estimate of drug-likeness (QED) is 0.369. The van der Waals surface area contributed by atoms with Crippen LogP contribution in [0.4, 0.5) is 17.2 Å². The summed E-state index contributed by atoms with van der Waals surface area (Å²) in [6.07, 6.45) is 0.419. The third-order valence-corrected chi connectivity index (χ3v) is 5.91. The van der Waals surface area contributed by atoms with Crippen molar-refractivity contribution in [2.45, 2.75) is 32.7 Å². The first-order valence-electron chi connectivity index (χ1n) is 11.0. The topological polar surface area (TPSA) is 138 Å². The minimum Gasteiger partial charge on any atom is -0.493 e. The van der Waals surface area contributed by atoms with E-state index in [1.165, 1.54) is 16.8 Å². The third kappa shape index (κ3) is 4.39. The predicted molar refractivity (Wildman–Crippen MR) is 129 cm³/mol. The first kappa shape index (κ1) is 23.7. The zero-order chi connectivity index (χ0) is 25.3. The number of amides is 2. The number of nitro benzene ring substituents is 1. The average molecular weight is 479 g/mol. The molecular formula is C24H25N5O6. The normalized spacial score (nSPS) is 14.3. The second-order valence-corrected chi connectivity index (χ2v) is 8.05. The Hall–Kier alpha value is -4.41. The van der Waals surface area contributed by atoms with Gasteiger partial charge < -0.3 is 20.1 Å². The lowest BCUT2D eigenvalue weighted by atomic mass is 10.0. The number of fused-ring (bicyclic) bond motifs is 1. The van der Waals surface area contributed by atoms with Gasteiger partial charge in [0.2, 0.25) is 5.91 Å². The summed E-state index contributed by atoms with van der Waals surface area (Å²) in [6, 6.07) is 8.82. The van der Waals surface area contributed by atoms with E-state index < -0.39 is 16.9 Å². The molecule has 11 heteroatoms. The number of nitro groups is 1. The molecule has 182 valence electrons. The van der Waals surface area contributed by atoms with Gasteiger partial charge >= 0.3 is 0 Å². The number of hydrogen-bond acceptors (Lipinski definition) is 7. The Labute approximate surface area is 201 Å². The van der Waals surface area contributed by atoms with E-state index in [1.807, 2.05) is 19.1 Å². The first-order chi connectivity index (χ1) is 16.8. The minimum absolute atomic E-state index is 0.133. The number of nitrogens with one attached hydrogen (secondary N) is 2. The summed E-state index contributed by atoms with van der Waals surface area (Å²) in [6.45, 7) is 3.69. The van der Waals surface area contributed by atoms with Crippen molar-refractivity contribution >= 4 is 29.0 Å². The monoisotopic (exact) mass is 479 g/mol. The SMILES string of the molecule is CCc1nn2c(c1-c1ccc(OC)c(OC)c1)NC(=O)C2CC(=O)Nc1cc([N+](=O)[O-])ccc1C. The van der Waals surface area contributed by atoms with Crippen molar-refractivity contribution in [3.8, 4) is 22.6 Å². The second kappa shape index (κ2) is 9.45. The predicted octanol–water partition coefficient (Wildman–Crippen LogP) is 3.87. The number of aryl methyl sites for hydroxylation is 2. The lowest BCUT2D eigenvalue weighted by molar-refractivity contribution is -0.384. The van der Waals surface area contributed by atoms with Gasteiger partial charge in [-0.3, -0.25) is 19.7 Å². The number of non-ortho nitro benzene ring substituents is 1. The van der Waals surface area contributed by atoms with E-state index in [1.54, 1.807) is 33.3 Å². The summed E-state index contributed by atoms with van der Waals surface area (Å²) in [5.74, 6) is 0.807. The Morgan fingerprint density at radius 3 is 2.60 bits per heavy atom. The second-order valence-electron chi connectivity index (χ2n) is 8.05. The van der Waals surface area contributed by atoms with Crippen molar-refractivity contribution in [2.24, 2.45) is 0 Å². The summed E-state index contributed by atoms with van der Waals surface area (Å²) in [5.41, 5.74) is 3.16. The molecule has 0 fully saturated rings. The molecule has 1 aliphatic rings. The van der Waals surface area contributed by atoms with E-state index in [2.05, 4.69) is 15.7 Å². The van der Waals surface area contributed by atoms with E-state index in [0.717, 1.165) is 16.8 Å². The van der Waals surface area contributed by atoms with E-state index in [0.29, 0.717) is 35.0 Å². The number of anilines is 2. The number of hydrogen-bond donors (Lipinski definition) is 2. The molecule has 2 amide bonds. The van der Waals surface area contributed by atoms with E-state index in [4.69, 9.17) is 9.47 Å². The van der Waals surface area contributed by atoms with Gasteiger partial charge in [-0.2, -0.15) is 5.10 Å². The van der Waals surface area contributed by atoms with Crippen molar-refractivity contribution in [1.29, 1.82) is 0 Å². The van der Waals surface area contributed by atoms with E-state index in [-0.39, 0.29) is 18.0 Å². The highest BCUT2D eigenvalue weighted by atomic mass is 16.6. The van der Waals surface area contributed by atoms with Crippen molar-refractivity contribution in [1.82, 2.24) is 9.78 Å². The Morgan fingerprint density at radius 1 is 1.20 bits per heavy atom. The van der Waals surface area contributed by atoms with Gasteiger partial charge in [-0.05, 0) is 36.6 Å². The molecule has 1 atom stereocenters. The fourth-order valence-corrected chi connectivity index (χ4v) is 4.09. The highest BCUT2D eigenvalue weighted by Gasteiger charge is 2.37. The summed E-state index contributed by atoms with van der Waals surface area (Å²) in [5, 5.41) is 21.2. The Kier molecular flexibility index (Phi) is 6.41. The maximum Gasteiger partial charge on any atom is 0.271 e. The summed E-state index contributed by atoms with van der Waals surface area (Å²) >= 11 is 0. The van der Waals surface area contributed by atoms with Gasteiger partial charge in [0, 0.05) is 17.7 Å². The first-order valence-corrected chi connectivity index (χ1v) is 11.0. The zero-order valence-corrected chi connectivity index (χ0v) is 19.7. The van der Waals surface area contributed by atoms with Crippen LogP contribution in [0.5, 0.6) is 11.5 Å². The van der Waals surface area contributed by atoms with Gasteiger partial charge in [0.15, 0.2) is 11.5 Å². The average Bonchev–Trinajstić information content (AvgIpc) is 3.34. The van der Waals surface area contributed by atoms with Crippen LogP contribution in [-0.2, 0) is 16.0 Å². The molecule has 4 rings (SSSR count). The number of carbonyl (C=O) groups is 2. The number of carbonyl (C=O) groups excluding carboxylic acids is 2. The number of ether oxygens (including phenoxy) is 2. The van der Waals surface area contributed by atoms with Gasteiger partial charge in [-0.1, -0.05) is 19.1 Å². The standard InChI is InChI=1S/C24H25N5O6/c1-5-16-22(14-7-9-19(34-3)20(10-14)35-4)23-26-24(31)18(28(23)27-16)12-21(30)25-17-11-15(29(32)33)8-6-13(17)2/h6-11,18H,5,12H2,1-4H3,(H,25,30)(H,26,31). The van der Waals surface area contributed by atoms with E-state index >= 15 is 0 Å². The van der Waals surface area contributed by atoms with E-state index in [9.17, 15) is 19.7 Å². The van der Waals surface area contributed by atoms with Crippen LogP contribution in [0.15, 0.2) is 36.4 Å². The molecule has 0 radical (unpaired) electrons. The molecule has 11 nitrogen and oxygen atoms in total. The maximum absolute atomic E-state index is 12.8. The lowest BCUT2D eigenvalue weighted by Gasteiger charge is -2.11.